The van der Waals surface area contributed by atoms with E-state index in [9.17, 15) is 8.42 Å². The predicted octanol–water partition coefficient (Wildman–Crippen LogP) is 1.83. The van der Waals surface area contributed by atoms with Gasteiger partial charge >= 0.3 is 0 Å². The quantitative estimate of drug-likeness (QED) is 0.787. The molecule has 0 spiro atoms. The van der Waals surface area contributed by atoms with E-state index in [1.807, 2.05) is 0 Å². The van der Waals surface area contributed by atoms with Crippen LogP contribution in [0.5, 0.6) is 5.75 Å². The minimum Gasteiger partial charge on any atom is -0.495 e. The van der Waals surface area contributed by atoms with Crippen molar-refractivity contribution >= 4 is 21.6 Å². The average molecular weight is 375 g/mol. The summed E-state index contributed by atoms with van der Waals surface area (Å²) in [5.41, 5.74) is 0. The molecule has 0 saturated carbocycles. The molecule has 0 amide bonds. The smallest absolute Gasteiger partial charge is 0.243 e. The van der Waals surface area contributed by atoms with Crippen LogP contribution in [0.2, 0.25) is 5.02 Å². The van der Waals surface area contributed by atoms with Gasteiger partial charge in [-0.25, -0.2) is 8.42 Å². The lowest BCUT2D eigenvalue weighted by atomic mass is 10.2. The molecule has 1 aromatic carbocycles. The summed E-state index contributed by atoms with van der Waals surface area (Å²) in [5, 5.41) is 0.301. The number of ether oxygens (including phenoxy) is 2. The van der Waals surface area contributed by atoms with Gasteiger partial charge in [0.15, 0.2) is 0 Å². The van der Waals surface area contributed by atoms with E-state index in [2.05, 4.69) is 4.90 Å². The fraction of sp³-hybridized carbons (Fsp3) is 0.625. The Hall–Kier alpha value is -0.860. The minimum absolute atomic E-state index is 0.209. The summed E-state index contributed by atoms with van der Waals surface area (Å²) in [4.78, 5) is 2.49. The maximum Gasteiger partial charge on any atom is 0.243 e. The van der Waals surface area contributed by atoms with Crippen molar-refractivity contribution in [3.8, 4) is 5.75 Å². The van der Waals surface area contributed by atoms with Crippen LogP contribution in [0.4, 0.5) is 0 Å². The molecular formula is C16H23ClN2O4S. The molecule has 0 bridgehead atoms. The zero-order chi connectivity index (χ0) is 17.2. The molecule has 1 aromatic rings. The molecule has 6 nitrogen and oxygen atoms in total. The number of nitrogens with zero attached hydrogens (tertiary/aromatic N) is 2. The van der Waals surface area contributed by atoms with Gasteiger partial charge < -0.3 is 9.47 Å². The van der Waals surface area contributed by atoms with Crippen LogP contribution in [0.3, 0.4) is 0 Å². The second-order valence-corrected chi connectivity index (χ2v) is 8.48. The number of halogens is 1. The molecular weight excluding hydrogens is 352 g/mol. The van der Waals surface area contributed by atoms with Gasteiger partial charge in [0.05, 0.1) is 23.1 Å². The molecule has 2 fully saturated rings. The van der Waals surface area contributed by atoms with Crippen molar-refractivity contribution < 1.29 is 17.9 Å². The van der Waals surface area contributed by atoms with E-state index in [1.54, 1.807) is 12.1 Å². The minimum atomic E-state index is -3.52. The number of hydrogen-bond acceptors (Lipinski definition) is 5. The van der Waals surface area contributed by atoms with E-state index in [1.165, 1.54) is 17.5 Å². The Bertz CT molecular complexity index is 669. The maximum absolute atomic E-state index is 12.8. The lowest BCUT2D eigenvalue weighted by Crippen LogP contribution is -2.50. The second kappa shape index (κ2) is 7.58. The molecule has 2 heterocycles. The molecule has 134 valence electrons. The summed E-state index contributed by atoms with van der Waals surface area (Å²) in [6.45, 7) is 4.16. The topological polar surface area (TPSA) is 59.1 Å². The molecule has 1 unspecified atom stereocenters. The number of sulfonamides is 1. The third kappa shape index (κ3) is 3.86. The first-order valence-corrected chi connectivity index (χ1v) is 10.00. The Morgan fingerprint density at radius 3 is 2.62 bits per heavy atom. The third-order valence-corrected chi connectivity index (χ3v) is 6.77. The van der Waals surface area contributed by atoms with E-state index in [0.29, 0.717) is 30.0 Å². The molecule has 8 heteroatoms. The largest absolute Gasteiger partial charge is 0.495 e. The standard InChI is InChI=1S/C16H23ClN2O4S/c1-22-16-5-4-14(11-15(16)17)24(20,21)19-8-6-18(7-9-19)12-13-3-2-10-23-13/h4-5,11,13H,2-3,6-10,12H2,1H3. The Kier molecular flexibility index (Phi) is 5.66. The van der Waals surface area contributed by atoms with Gasteiger partial charge in [-0.3, -0.25) is 4.90 Å². The van der Waals surface area contributed by atoms with Crippen molar-refractivity contribution in [2.24, 2.45) is 0 Å². The number of hydrogen-bond donors (Lipinski definition) is 0. The zero-order valence-electron chi connectivity index (χ0n) is 13.8. The number of benzene rings is 1. The third-order valence-electron chi connectivity index (χ3n) is 4.58. The SMILES string of the molecule is COc1ccc(S(=O)(=O)N2CCN(CC3CCCO3)CC2)cc1Cl. The van der Waals surface area contributed by atoms with Crippen LogP contribution in [0.25, 0.3) is 0 Å². The molecule has 2 saturated heterocycles. The number of piperazine rings is 1. The monoisotopic (exact) mass is 374 g/mol. The predicted molar refractivity (Wildman–Crippen MR) is 92.2 cm³/mol. The fourth-order valence-electron chi connectivity index (χ4n) is 3.19. The second-order valence-electron chi connectivity index (χ2n) is 6.14. The van der Waals surface area contributed by atoms with Gasteiger partial charge in [-0.1, -0.05) is 11.6 Å². The molecule has 0 aromatic heterocycles. The van der Waals surface area contributed by atoms with E-state index in [-0.39, 0.29) is 4.90 Å². The number of methoxy groups -OCH3 is 1. The highest BCUT2D eigenvalue weighted by atomic mass is 35.5. The summed E-state index contributed by atoms with van der Waals surface area (Å²) < 4.78 is 37.8. The van der Waals surface area contributed by atoms with Crippen LogP contribution in [0, 0.1) is 0 Å². The first kappa shape index (κ1) is 17.9. The highest BCUT2D eigenvalue weighted by Gasteiger charge is 2.30. The van der Waals surface area contributed by atoms with E-state index in [0.717, 1.165) is 39.1 Å². The van der Waals surface area contributed by atoms with Crippen molar-refractivity contribution in [3.05, 3.63) is 23.2 Å². The summed E-state index contributed by atoms with van der Waals surface area (Å²) >= 11 is 6.06. The highest BCUT2D eigenvalue weighted by Crippen LogP contribution is 2.28. The van der Waals surface area contributed by atoms with Gasteiger partial charge in [0, 0.05) is 39.3 Å². The lowest BCUT2D eigenvalue weighted by molar-refractivity contribution is 0.0617. The molecule has 1 atom stereocenters. The first-order valence-electron chi connectivity index (χ1n) is 8.18. The Balaban J connectivity index is 1.63. The van der Waals surface area contributed by atoms with Crippen molar-refractivity contribution in [2.45, 2.75) is 23.8 Å². The van der Waals surface area contributed by atoms with E-state index >= 15 is 0 Å². The Morgan fingerprint density at radius 2 is 2.04 bits per heavy atom. The molecule has 0 N–H and O–H groups in total. The van der Waals surface area contributed by atoms with Crippen LogP contribution in [-0.4, -0.2) is 70.2 Å². The van der Waals surface area contributed by atoms with Gasteiger partial charge in [-0.15, -0.1) is 0 Å². The van der Waals surface area contributed by atoms with Crippen LogP contribution in [0.15, 0.2) is 23.1 Å². The van der Waals surface area contributed by atoms with Crippen molar-refractivity contribution in [3.63, 3.8) is 0 Å². The van der Waals surface area contributed by atoms with Crippen LogP contribution < -0.4 is 4.74 Å². The average Bonchev–Trinajstić information content (AvgIpc) is 3.08. The molecule has 24 heavy (non-hydrogen) atoms. The maximum atomic E-state index is 12.8. The zero-order valence-corrected chi connectivity index (χ0v) is 15.4. The molecule has 2 aliphatic heterocycles. The highest BCUT2D eigenvalue weighted by molar-refractivity contribution is 7.89. The van der Waals surface area contributed by atoms with Gasteiger partial charge in [0.25, 0.3) is 0 Å². The summed E-state index contributed by atoms with van der Waals surface area (Å²) in [7, 11) is -2.02. The van der Waals surface area contributed by atoms with Gasteiger partial charge in [-0.2, -0.15) is 4.31 Å². The molecule has 2 aliphatic rings. The van der Waals surface area contributed by atoms with Gasteiger partial charge in [0.2, 0.25) is 10.0 Å². The normalized spacial score (nSPS) is 23.5. The van der Waals surface area contributed by atoms with Crippen molar-refractivity contribution in [2.75, 3.05) is 46.4 Å². The van der Waals surface area contributed by atoms with Gasteiger partial charge in [0.1, 0.15) is 5.75 Å². The molecule has 0 radical (unpaired) electrons. The first-order chi connectivity index (χ1) is 11.5. The van der Waals surface area contributed by atoms with Crippen LogP contribution in [-0.2, 0) is 14.8 Å². The van der Waals surface area contributed by atoms with Crippen molar-refractivity contribution in [1.82, 2.24) is 9.21 Å². The summed E-state index contributed by atoms with van der Waals surface area (Å²) in [5.74, 6) is 0.469. The Morgan fingerprint density at radius 1 is 1.29 bits per heavy atom. The number of rotatable bonds is 5. The van der Waals surface area contributed by atoms with Gasteiger partial charge in [-0.05, 0) is 31.0 Å². The van der Waals surface area contributed by atoms with E-state index < -0.39 is 10.0 Å². The molecule has 3 rings (SSSR count). The lowest BCUT2D eigenvalue weighted by Gasteiger charge is -2.35. The molecule has 0 aliphatic carbocycles. The van der Waals surface area contributed by atoms with E-state index in [4.69, 9.17) is 21.1 Å². The summed E-state index contributed by atoms with van der Waals surface area (Å²) in [6, 6.07) is 4.58. The Labute approximate surface area is 148 Å². The summed E-state index contributed by atoms with van der Waals surface area (Å²) in [6.07, 6.45) is 2.52. The van der Waals surface area contributed by atoms with Crippen LogP contribution >= 0.6 is 11.6 Å². The van der Waals surface area contributed by atoms with Crippen LogP contribution in [0.1, 0.15) is 12.8 Å². The van der Waals surface area contributed by atoms with Crippen molar-refractivity contribution in [1.29, 1.82) is 0 Å². The fourth-order valence-corrected chi connectivity index (χ4v) is 4.96.